The van der Waals surface area contributed by atoms with Gasteiger partial charge >= 0.3 is 0 Å². The van der Waals surface area contributed by atoms with Crippen molar-refractivity contribution >= 4 is 38.9 Å². The average molecular weight is 515 g/mol. The number of nitrogens with one attached hydrogen (secondary N) is 1. The number of aromatic nitrogens is 4. The van der Waals surface area contributed by atoms with Crippen LogP contribution in [0.4, 0.5) is 5.82 Å². The molecule has 2 fully saturated rings. The highest BCUT2D eigenvalue weighted by Crippen LogP contribution is 2.38. The number of benzene rings is 1. The average Bonchev–Trinajstić information content (AvgIpc) is 3.37. The van der Waals surface area contributed by atoms with Crippen molar-refractivity contribution in [3.05, 3.63) is 53.5 Å². The maximum atomic E-state index is 12.5. The Kier molecular flexibility index (Phi) is 6.17. The lowest BCUT2D eigenvalue weighted by molar-refractivity contribution is -0.127. The van der Waals surface area contributed by atoms with Gasteiger partial charge in [-0.05, 0) is 55.9 Å². The van der Waals surface area contributed by atoms with Crippen LogP contribution in [-0.2, 0) is 9.96 Å². The fraction of sp³-hybridized carbons (Fsp3) is 0.385. The molecule has 2 aliphatic rings. The summed E-state index contributed by atoms with van der Waals surface area (Å²) in [5.74, 6) is 5.57. The van der Waals surface area contributed by atoms with Gasteiger partial charge in [0.15, 0.2) is 5.69 Å². The molecule has 0 bridgehead atoms. The molecular weight excluding hydrogens is 486 g/mol. The lowest BCUT2D eigenvalue weighted by atomic mass is 10.1. The van der Waals surface area contributed by atoms with Gasteiger partial charge in [-0.15, -0.1) is 0 Å². The van der Waals surface area contributed by atoms with Crippen LogP contribution >= 0.6 is 0 Å². The Morgan fingerprint density at radius 2 is 2.14 bits per heavy atom. The number of imidazole rings is 1. The van der Waals surface area contributed by atoms with E-state index < -0.39 is 17.1 Å². The normalized spacial score (nSPS) is 21.1. The number of fused-ring (bicyclic) bond motifs is 1. The van der Waals surface area contributed by atoms with Gasteiger partial charge in [0.2, 0.25) is 5.91 Å². The number of primary amides is 1. The molecular formula is C26H28N7O3Si. The third kappa shape index (κ3) is 4.22. The smallest absolute Gasteiger partial charge is 0.255 e. The van der Waals surface area contributed by atoms with Gasteiger partial charge < -0.3 is 25.6 Å². The van der Waals surface area contributed by atoms with Crippen LogP contribution in [0.1, 0.15) is 52.5 Å². The van der Waals surface area contributed by atoms with E-state index in [9.17, 15) is 14.7 Å². The molecule has 1 saturated heterocycles. The zero-order chi connectivity index (χ0) is 26.5. The second kappa shape index (κ2) is 9.21. The Bertz CT molecular complexity index is 1490. The van der Waals surface area contributed by atoms with Gasteiger partial charge in [0, 0.05) is 25.2 Å². The Labute approximate surface area is 217 Å². The Morgan fingerprint density at radius 1 is 1.38 bits per heavy atom. The number of anilines is 1. The molecule has 2 atom stereocenters. The molecule has 2 aromatic heterocycles. The van der Waals surface area contributed by atoms with E-state index in [1.165, 1.54) is 23.8 Å². The number of hydrogen-bond donors (Lipinski definition) is 3. The molecule has 0 unspecified atom stereocenters. The maximum absolute atomic E-state index is 12.5. The monoisotopic (exact) mass is 514 g/mol. The first kappa shape index (κ1) is 24.8. The SMILES string of the molecule is C=CC(=O)N1C[C@@]([Si])(n2nc(C#Cc3cc4ncn(C5CC5)c4cc3C)c(C(N)=O)c2NC)C[C@@H]1CO. The summed E-state index contributed by atoms with van der Waals surface area (Å²) in [7, 11) is 5.45. The fourth-order valence-corrected chi connectivity index (χ4v) is 5.60. The van der Waals surface area contributed by atoms with E-state index in [1.54, 1.807) is 11.7 Å². The number of carbonyl (C=O) groups is 2. The van der Waals surface area contributed by atoms with Crippen molar-refractivity contribution < 1.29 is 14.7 Å². The summed E-state index contributed by atoms with van der Waals surface area (Å²) in [5, 5.41) is 16.6. The number of amides is 2. The molecule has 3 heterocycles. The standard InChI is InChI=1S/C26H28N7O3Si/c1-4-22(35)31-13-26(37,11-18(31)12-34)33-25(28-3)23(24(27)36)19(30-33)8-5-16-10-20-21(9-15(16)2)32(14-29-20)17-6-7-17/h4,9-10,14,17-18,28,34H,1,6-7,11-13H2,2-3H3,(H2,27,36)/t18-,26-/m1/s1. The number of likely N-dealkylation sites (tertiary alicyclic amines) is 1. The van der Waals surface area contributed by atoms with Crippen molar-refractivity contribution in [3.8, 4) is 11.8 Å². The van der Waals surface area contributed by atoms with Crippen LogP contribution < -0.4 is 11.1 Å². The summed E-state index contributed by atoms with van der Waals surface area (Å²) >= 11 is 0. The molecule has 3 aromatic rings. The summed E-state index contributed by atoms with van der Waals surface area (Å²) in [6, 6.07) is 4.11. The van der Waals surface area contributed by atoms with Crippen LogP contribution in [0.2, 0.25) is 0 Å². The van der Waals surface area contributed by atoms with Crippen molar-refractivity contribution in [2.75, 3.05) is 25.5 Å². The van der Waals surface area contributed by atoms with Crippen molar-refractivity contribution in [1.29, 1.82) is 0 Å². The molecule has 37 heavy (non-hydrogen) atoms. The van der Waals surface area contributed by atoms with Gasteiger partial charge in [-0.25, -0.2) is 9.67 Å². The number of hydrogen-bond acceptors (Lipinski definition) is 6. The molecule has 2 amide bonds. The molecule has 0 spiro atoms. The molecule has 1 aliphatic carbocycles. The van der Waals surface area contributed by atoms with Crippen molar-refractivity contribution in [1.82, 2.24) is 24.2 Å². The number of nitrogens with zero attached hydrogens (tertiary/aromatic N) is 5. The summed E-state index contributed by atoms with van der Waals surface area (Å²) in [6.45, 7) is 5.51. The summed E-state index contributed by atoms with van der Waals surface area (Å²) in [4.78, 5) is 31.0. The number of aliphatic hydroxyl groups excluding tert-OH is 1. The highest BCUT2D eigenvalue weighted by atomic mass is 28.1. The van der Waals surface area contributed by atoms with Gasteiger partial charge in [0.05, 0.1) is 45.4 Å². The maximum Gasteiger partial charge on any atom is 0.255 e. The van der Waals surface area contributed by atoms with Gasteiger partial charge in [-0.1, -0.05) is 12.5 Å². The molecule has 3 radical (unpaired) electrons. The molecule has 189 valence electrons. The van der Waals surface area contributed by atoms with Gasteiger partial charge in [0.1, 0.15) is 11.4 Å². The van der Waals surface area contributed by atoms with E-state index in [0.29, 0.717) is 18.3 Å². The quantitative estimate of drug-likeness (QED) is 0.256. The summed E-state index contributed by atoms with van der Waals surface area (Å²) in [5.41, 5.74) is 9.85. The predicted molar refractivity (Wildman–Crippen MR) is 140 cm³/mol. The summed E-state index contributed by atoms with van der Waals surface area (Å²) in [6.07, 6.45) is 5.78. The molecule has 1 aromatic carbocycles. The zero-order valence-corrected chi connectivity index (χ0v) is 21.8. The Hall–Kier alpha value is -3.88. The first-order chi connectivity index (χ1) is 17.7. The Morgan fingerprint density at radius 3 is 2.76 bits per heavy atom. The van der Waals surface area contributed by atoms with E-state index in [4.69, 9.17) is 5.73 Å². The summed E-state index contributed by atoms with van der Waals surface area (Å²) < 4.78 is 3.79. The van der Waals surface area contributed by atoms with Crippen LogP contribution in [0.25, 0.3) is 11.0 Å². The van der Waals surface area contributed by atoms with E-state index >= 15 is 0 Å². The van der Waals surface area contributed by atoms with E-state index in [2.05, 4.69) is 54.7 Å². The van der Waals surface area contributed by atoms with Crippen LogP contribution in [0, 0.1) is 18.8 Å². The van der Waals surface area contributed by atoms with Crippen molar-refractivity contribution in [3.63, 3.8) is 0 Å². The topological polar surface area (TPSA) is 131 Å². The molecule has 10 nitrogen and oxygen atoms in total. The van der Waals surface area contributed by atoms with Crippen LogP contribution in [-0.4, -0.2) is 77.6 Å². The Balaban J connectivity index is 1.56. The largest absolute Gasteiger partial charge is 0.394 e. The van der Waals surface area contributed by atoms with Gasteiger partial charge in [-0.2, -0.15) is 5.10 Å². The van der Waals surface area contributed by atoms with E-state index in [0.717, 1.165) is 22.2 Å². The minimum atomic E-state index is -0.904. The highest BCUT2D eigenvalue weighted by molar-refractivity contribution is 6.15. The third-order valence-electron chi connectivity index (χ3n) is 7.07. The third-order valence-corrected chi connectivity index (χ3v) is 7.64. The first-order valence-electron chi connectivity index (χ1n) is 12.1. The minimum absolute atomic E-state index is 0.151. The number of nitrogens with two attached hydrogens (primary N) is 1. The number of aliphatic hydroxyl groups is 1. The van der Waals surface area contributed by atoms with Crippen molar-refractivity contribution in [2.24, 2.45) is 5.73 Å². The van der Waals surface area contributed by atoms with Gasteiger partial charge in [0.25, 0.3) is 5.91 Å². The van der Waals surface area contributed by atoms with E-state index in [-0.39, 0.29) is 30.3 Å². The minimum Gasteiger partial charge on any atom is -0.394 e. The van der Waals surface area contributed by atoms with E-state index in [1.807, 2.05) is 19.3 Å². The number of aryl methyl sites for hydroxylation is 1. The van der Waals surface area contributed by atoms with Gasteiger partial charge in [-0.3, -0.25) is 9.59 Å². The van der Waals surface area contributed by atoms with Crippen LogP contribution in [0.5, 0.6) is 0 Å². The second-order valence-electron chi connectivity index (χ2n) is 9.63. The number of rotatable bonds is 6. The molecule has 4 N–H and O–H groups in total. The molecule has 11 heteroatoms. The highest BCUT2D eigenvalue weighted by Gasteiger charge is 2.45. The first-order valence-corrected chi connectivity index (χ1v) is 12.6. The van der Waals surface area contributed by atoms with Crippen LogP contribution in [0.15, 0.2) is 31.1 Å². The van der Waals surface area contributed by atoms with Crippen LogP contribution in [0.3, 0.4) is 0 Å². The molecule has 5 rings (SSSR count). The lowest BCUT2D eigenvalue weighted by Gasteiger charge is -2.27. The fourth-order valence-electron chi connectivity index (χ4n) is 5.03. The molecule has 1 saturated carbocycles. The van der Waals surface area contributed by atoms with Crippen molar-refractivity contribution in [2.45, 2.75) is 43.4 Å². The lowest BCUT2D eigenvalue weighted by Crippen LogP contribution is -2.41. The second-order valence-corrected chi connectivity index (χ2v) is 10.6. The molecule has 1 aliphatic heterocycles. The predicted octanol–water partition coefficient (Wildman–Crippen LogP) is 1.02. The number of carbonyl (C=O) groups excluding carboxylic acids is 2. The zero-order valence-electron chi connectivity index (χ0n) is 20.8.